The summed E-state index contributed by atoms with van der Waals surface area (Å²) < 4.78 is 16.2. The summed E-state index contributed by atoms with van der Waals surface area (Å²) in [4.78, 5) is 11.0. The highest BCUT2D eigenvalue weighted by molar-refractivity contribution is 5.68. The molecule has 134 valence electrons. The van der Waals surface area contributed by atoms with Crippen LogP contribution in [0.4, 0.5) is 0 Å². The van der Waals surface area contributed by atoms with Gasteiger partial charge in [-0.25, -0.2) is 0 Å². The van der Waals surface area contributed by atoms with Crippen molar-refractivity contribution in [3.63, 3.8) is 0 Å². The van der Waals surface area contributed by atoms with Crippen LogP contribution in [0, 0.1) is 0 Å². The number of esters is 1. The number of carbonyl (C=O) groups excluding carboxylic acids is 1. The summed E-state index contributed by atoms with van der Waals surface area (Å²) in [6.45, 7) is 2.24. The molecule has 2 aliphatic rings. The second-order valence-electron chi connectivity index (χ2n) is 7.04. The van der Waals surface area contributed by atoms with Crippen LogP contribution in [0.1, 0.15) is 84.0 Å². The first-order valence-corrected chi connectivity index (χ1v) is 9.62. The Balaban J connectivity index is 1.35. The summed E-state index contributed by atoms with van der Waals surface area (Å²) in [6, 6.07) is 0. The fourth-order valence-electron chi connectivity index (χ4n) is 3.35. The zero-order chi connectivity index (χ0) is 16.5. The smallest absolute Gasteiger partial charge is 0.305 e. The molecule has 4 atom stereocenters. The van der Waals surface area contributed by atoms with E-state index in [2.05, 4.69) is 11.7 Å². The Bertz CT molecular complexity index is 344. The lowest BCUT2D eigenvalue weighted by molar-refractivity contribution is -0.140. The van der Waals surface area contributed by atoms with E-state index in [4.69, 9.17) is 9.47 Å². The maximum atomic E-state index is 11.0. The van der Waals surface area contributed by atoms with Gasteiger partial charge in [0, 0.05) is 12.8 Å². The average Bonchev–Trinajstić information content (AvgIpc) is 3.46. The summed E-state index contributed by atoms with van der Waals surface area (Å²) in [7, 11) is 1.45. The Labute approximate surface area is 141 Å². The van der Waals surface area contributed by atoms with Crippen molar-refractivity contribution in [1.29, 1.82) is 0 Å². The molecule has 2 aliphatic heterocycles. The van der Waals surface area contributed by atoms with Crippen molar-refractivity contribution in [2.45, 2.75) is 108 Å². The predicted molar refractivity (Wildman–Crippen MR) is 90.4 cm³/mol. The number of carbonyl (C=O) groups is 1. The van der Waals surface area contributed by atoms with Gasteiger partial charge in [-0.2, -0.15) is 0 Å². The number of ether oxygens (including phenoxy) is 3. The quantitative estimate of drug-likeness (QED) is 0.270. The molecule has 0 aromatic heterocycles. The highest BCUT2D eigenvalue weighted by Crippen LogP contribution is 2.39. The van der Waals surface area contributed by atoms with Crippen LogP contribution in [0.25, 0.3) is 0 Å². The van der Waals surface area contributed by atoms with Crippen LogP contribution < -0.4 is 0 Å². The Morgan fingerprint density at radius 3 is 2.00 bits per heavy atom. The second kappa shape index (κ2) is 10.3. The molecule has 0 spiro atoms. The number of hydrogen-bond acceptors (Lipinski definition) is 4. The average molecular weight is 326 g/mol. The van der Waals surface area contributed by atoms with Crippen LogP contribution in [-0.2, 0) is 19.0 Å². The monoisotopic (exact) mass is 326 g/mol. The van der Waals surface area contributed by atoms with Gasteiger partial charge in [0.15, 0.2) is 0 Å². The van der Waals surface area contributed by atoms with Crippen LogP contribution in [0.2, 0.25) is 0 Å². The van der Waals surface area contributed by atoms with Gasteiger partial charge < -0.3 is 14.2 Å². The molecule has 0 radical (unpaired) electrons. The van der Waals surface area contributed by atoms with E-state index in [9.17, 15) is 4.79 Å². The first-order chi connectivity index (χ1) is 11.2. The Morgan fingerprint density at radius 1 is 0.826 bits per heavy atom. The Morgan fingerprint density at radius 2 is 1.39 bits per heavy atom. The van der Waals surface area contributed by atoms with E-state index in [-0.39, 0.29) is 5.97 Å². The summed E-state index contributed by atoms with van der Waals surface area (Å²) >= 11 is 0. The largest absolute Gasteiger partial charge is 0.469 e. The number of epoxide rings is 2. The van der Waals surface area contributed by atoms with E-state index >= 15 is 0 Å². The topological polar surface area (TPSA) is 51.4 Å². The predicted octanol–water partition coefficient (Wildman–Crippen LogP) is 4.40. The van der Waals surface area contributed by atoms with Crippen LogP contribution in [0.15, 0.2) is 0 Å². The van der Waals surface area contributed by atoms with E-state index in [1.807, 2.05) is 0 Å². The van der Waals surface area contributed by atoms with E-state index in [0.29, 0.717) is 30.8 Å². The zero-order valence-electron chi connectivity index (χ0n) is 14.9. The van der Waals surface area contributed by atoms with Crippen molar-refractivity contribution in [3.05, 3.63) is 0 Å². The van der Waals surface area contributed by atoms with Crippen molar-refractivity contribution >= 4 is 5.97 Å². The second-order valence-corrected chi connectivity index (χ2v) is 7.04. The molecule has 0 amide bonds. The third kappa shape index (κ3) is 7.67. The van der Waals surface area contributed by atoms with E-state index < -0.39 is 0 Å². The number of unbranched alkanes of at least 4 members (excludes halogenated alkanes) is 6. The SMILES string of the molecule is CCCCC[C@@H]1O[C@@H]1C[C@H]1O[C@H]1CCCCCCCC(=O)OC. The van der Waals surface area contributed by atoms with Crippen molar-refractivity contribution < 1.29 is 19.0 Å². The van der Waals surface area contributed by atoms with Gasteiger partial charge in [-0.1, -0.05) is 51.9 Å². The van der Waals surface area contributed by atoms with Gasteiger partial charge in [0.25, 0.3) is 0 Å². The lowest BCUT2D eigenvalue weighted by atomic mass is 10.0. The highest BCUT2D eigenvalue weighted by atomic mass is 16.6. The minimum atomic E-state index is -0.0884. The molecule has 2 rings (SSSR count). The van der Waals surface area contributed by atoms with Gasteiger partial charge in [-0.3, -0.25) is 4.79 Å². The van der Waals surface area contributed by atoms with Crippen molar-refractivity contribution in [2.75, 3.05) is 7.11 Å². The zero-order valence-corrected chi connectivity index (χ0v) is 14.9. The van der Waals surface area contributed by atoms with Crippen molar-refractivity contribution in [3.8, 4) is 0 Å². The third-order valence-electron chi connectivity index (χ3n) is 5.03. The highest BCUT2D eigenvalue weighted by Gasteiger charge is 2.47. The molecule has 2 fully saturated rings. The fraction of sp³-hybridized carbons (Fsp3) is 0.947. The standard InChI is InChI=1S/C19H34O4/c1-3-4-8-11-15-17(22-15)14-18-16(23-18)12-9-6-5-7-10-13-19(20)21-2/h15-18H,3-14H2,1-2H3/t15-,16-,17+,18+/m0/s1. The van der Waals surface area contributed by atoms with Gasteiger partial charge in [0.05, 0.1) is 31.5 Å². The molecule has 0 N–H and O–H groups in total. The molecular weight excluding hydrogens is 292 g/mol. The summed E-state index contributed by atoms with van der Waals surface area (Å²) in [5, 5.41) is 0. The molecule has 0 bridgehead atoms. The summed E-state index contributed by atoms with van der Waals surface area (Å²) in [6.07, 6.45) is 15.8. The van der Waals surface area contributed by atoms with Gasteiger partial charge in [-0.05, 0) is 19.3 Å². The molecule has 23 heavy (non-hydrogen) atoms. The summed E-state index contributed by atoms with van der Waals surface area (Å²) in [5.41, 5.74) is 0. The normalized spacial score (nSPS) is 28.6. The van der Waals surface area contributed by atoms with E-state index in [0.717, 1.165) is 19.3 Å². The van der Waals surface area contributed by atoms with Crippen LogP contribution >= 0.6 is 0 Å². The molecule has 2 heterocycles. The number of methoxy groups -OCH3 is 1. The lowest BCUT2D eigenvalue weighted by Crippen LogP contribution is -2.02. The third-order valence-corrected chi connectivity index (χ3v) is 5.03. The molecular formula is C19H34O4. The molecule has 0 saturated carbocycles. The van der Waals surface area contributed by atoms with Crippen molar-refractivity contribution in [2.24, 2.45) is 0 Å². The first-order valence-electron chi connectivity index (χ1n) is 9.62. The van der Waals surface area contributed by atoms with E-state index in [1.165, 1.54) is 58.5 Å². The van der Waals surface area contributed by atoms with Gasteiger partial charge in [0.1, 0.15) is 0 Å². The minimum absolute atomic E-state index is 0.0884. The Kier molecular flexibility index (Phi) is 8.38. The van der Waals surface area contributed by atoms with Gasteiger partial charge >= 0.3 is 5.97 Å². The molecule has 0 aromatic rings. The maximum Gasteiger partial charge on any atom is 0.305 e. The molecule has 0 aliphatic carbocycles. The van der Waals surface area contributed by atoms with Crippen LogP contribution in [0.3, 0.4) is 0 Å². The lowest BCUT2D eigenvalue weighted by Gasteiger charge is -2.00. The number of hydrogen-bond donors (Lipinski definition) is 0. The van der Waals surface area contributed by atoms with Crippen LogP contribution in [-0.4, -0.2) is 37.5 Å². The fourth-order valence-corrected chi connectivity index (χ4v) is 3.35. The molecule has 0 unspecified atom stereocenters. The first kappa shape index (κ1) is 18.7. The summed E-state index contributed by atoms with van der Waals surface area (Å²) in [5.74, 6) is -0.0884. The van der Waals surface area contributed by atoms with Gasteiger partial charge in [-0.15, -0.1) is 0 Å². The minimum Gasteiger partial charge on any atom is -0.469 e. The van der Waals surface area contributed by atoms with Crippen LogP contribution in [0.5, 0.6) is 0 Å². The molecule has 4 heteroatoms. The maximum absolute atomic E-state index is 11.0. The van der Waals surface area contributed by atoms with Gasteiger partial charge in [0.2, 0.25) is 0 Å². The number of rotatable bonds is 14. The molecule has 0 aromatic carbocycles. The van der Waals surface area contributed by atoms with Crippen molar-refractivity contribution in [1.82, 2.24) is 0 Å². The molecule has 4 nitrogen and oxygen atoms in total. The van der Waals surface area contributed by atoms with E-state index in [1.54, 1.807) is 0 Å². The Hall–Kier alpha value is -0.610. The molecule has 2 saturated heterocycles.